The number of rotatable bonds is 6. The van der Waals surface area contributed by atoms with Gasteiger partial charge in [-0.2, -0.15) is 0 Å². The first-order valence-corrected chi connectivity index (χ1v) is 5.80. The van der Waals surface area contributed by atoms with Crippen LogP contribution in [0.3, 0.4) is 0 Å². The van der Waals surface area contributed by atoms with Crippen molar-refractivity contribution < 1.29 is 9.47 Å². The van der Waals surface area contributed by atoms with Crippen molar-refractivity contribution in [2.24, 2.45) is 0 Å². The molecule has 0 bridgehead atoms. The van der Waals surface area contributed by atoms with Crippen LogP contribution in [0.5, 0.6) is 11.5 Å². The van der Waals surface area contributed by atoms with Gasteiger partial charge in [-0.3, -0.25) is 0 Å². The number of hydrogen-bond acceptors (Lipinski definition) is 3. The van der Waals surface area contributed by atoms with E-state index in [1.807, 2.05) is 24.3 Å². The fourth-order valence-corrected chi connectivity index (χ4v) is 1.23. The molecule has 0 unspecified atom stereocenters. The van der Waals surface area contributed by atoms with E-state index in [0.29, 0.717) is 6.61 Å². The third-order valence-electron chi connectivity index (χ3n) is 2.14. The smallest absolute Gasteiger partial charge is 0.149 e. The summed E-state index contributed by atoms with van der Waals surface area (Å²) in [6, 6.07) is 7.48. The first-order chi connectivity index (χ1) is 8.36. The quantitative estimate of drug-likeness (QED) is 0.603. The van der Waals surface area contributed by atoms with Crippen molar-refractivity contribution in [2.45, 2.75) is 13.3 Å². The van der Waals surface area contributed by atoms with Crippen molar-refractivity contribution in [1.82, 2.24) is 5.32 Å². The van der Waals surface area contributed by atoms with Gasteiger partial charge in [-0.05, 0) is 37.2 Å². The van der Waals surface area contributed by atoms with Crippen molar-refractivity contribution in [1.29, 1.82) is 0 Å². The molecule has 3 heteroatoms. The fraction of sp³-hybridized carbons (Fsp3) is 0.429. The number of hydrogen-bond donors (Lipinski definition) is 1. The topological polar surface area (TPSA) is 30.5 Å². The average Bonchev–Trinajstić information content (AvgIpc) is 2.38. The Hall–Kier alpha value is -1.66. The number of methoxy groups -OCH3 is 1. The minimum atomic E-state index is 0.417. The van der Waals surface area contributed by atoms with Gasteiger partial charge in [-0.25, -0.2) is 0 Å². The third kappa shape index (κ3) is 5.84. The molecule has 0 spiro atoms. The summed E-state index contributed by atoms with van der Waals surface area (Å²) >= 11 is 0. The summed E-state index contributed by atoms with van der Waals surface area (Å²) in [5.74, 6) is 7.59. The van der Waals surface area contributed by atoms with Crippen LogP contribution in [-0.4, -0.2) is 26.8 Å². The highest BCUT2D eigenvalue weighted by atomic mass is 16.5. The molecule has 0 radical (unpaired) electrons. The van der Waals surface area contributed by atoms with Crippen LogP contribution in [0.1, 0.15) is 13.3 Å². The fourth-order valence-electron chi connectivity index (χ4n) is 1.23. The van der Waals surface area contributed by atoms with Gasteiger partial charge in [-0.15, -0.1) is 0 Å². The van der Waals surface area contributed by atoms with Gasteiger partial charge in [0.05, 0.1) is 13.7 Å². The summed E-state index contributed by atoms with van der Waals surface area (Å²) in [7, 11) is 1.64. The predicted octanol–water partition coefficient (Wildman–Crippen LogP) is 2.08. The van der Waals surface area contributed by atoms with E-state index >= 15 is 0 Å². The van der Waals surface area contributed by atoms with Crippen LogP contribution in [-0.2, 0) is 0 Å². The maximum absolute atomic E-state index is 5.46. The lowest BCUT2D eigenvalue weighted by molar-refractivity contribution is 0.367. The summed E-state index contributed by atoms with van der Waals surface area (Å²) in [6.45, 7) is 4.28. The van der Waals surface area contributed by atoms with E-state index in [2.05, 4.69) is 24.1 Å². The lowest BCUT2D eigenvalue weighted by Gasteiger charge is -2.03. The monoisotopic (exact) mass is 233 g/mol. The highest BCUT2D eigenvalue weighted by Gasteiger charge is 1.92. The largest absolute Gasteiger partial charge is 0.497 e. The van der Waals surface area contributed by atoms with Crippen LogP contribution in [0.25, 0.3) is 0 Å². The van der Waals surface area contributed by atoms with Gasteiger partial charge in [0.2, 0.25) is 0 Å². The normalized spacial score (nSPS) is 9.29. The molecular formula is C14H19NO2. The van der Waals surface area contributed by atoms with Crippen LogP contribution in [0.4, 0.5) is 0 Å². The van der Waals surface area contributed by atoms with Crippen LogP contribution in [0, 0.1) is 11.8 Å². The molecule has 1 N–H and O–H groups in total. The number of ether oxygens (including phenoxy) is 2. The molecule has 1 aromatic carbocycles. The Morgan fingerprint density at radius 1 is 1.12 bits per heavy atom. The summed E-state index contributed by atoms with van der Waals surface area (Å²) in [5.41, 5.74) is 0. The Balaban J connectivity index is 2.21. The van der Waals surface area contributed by atoms with Crippen molar-refractivity contribution in [2.75, 3.05) is 26.8 Å². The van der Waals surface area contributed by atoms with E-state index < -0.39 is 0 Å². The van der Waals surface area contributed by atoms with Crippen LogP contribution in [0.2, 0.25) is 0 Å². The zero-order chi connectivity index (χ0) is 12.3. The average molecular weight is 233 g/mol. The molecule has 0 saturated heterocycles. The second-order valence-electron chi connectivity index (χ2n) is 3.49. The Kier molecular flexibility index (Phi) is 6.69. The molecule has 3 nitrogen and oxygen atoms in total. The van der Waals surface area contributed by atoms with E-state index in [9.17, 15) is 0 Å². The summed E-state index contributed by atoms with van der Waals surface area (Å²) in [4.78, 5) is 0. The Morgan fingerprint density at radius 3 is 2.47 bits per heavy atom. The minimum absolute atomic E-state index is 0.417. The van der Waals surface area contributed by atoms with Gasteiger partial charge in [0.15, 0.2) is 0 Å². The molecule has 0 aliphatic carbocycles. The van der Waals surface area contributed by atoms with E-state index in [0.717, 1.165) is 31.0 Å². The van der Waals surface area contributed by atoms with Crippen molar-refractivity contribution in [3.63, 3.8) is 0 Å². The molecule has 17 heavy (non-hydrogen) atoms. The van der Waals surface area contributed by atoms with Crippen molar-refractivity contribution in [3.05, 3.63) is 24.3 Å². The van der Waals surface area contributed by atoms with Gasteiger partial charge in [0.1, 0.15) is 18.1 Å². The second-order valence-corrected chi connectivity index (χ2v) is 3.49. The van der Waals surface area contributed by atoms with Crippen LogP contribution >= 0.6 is 0 Å². The molecule has 0 aliphatic heterocycles. The molecular weight excluding hydrogens is 214 g/mol. The van der Waals surface area contributed by atoms with Crippen LogP contribution in [0.15, 0.2) is 24.3 Å². The first-order valence-electron chi connectivity index (χ1n) is 5.80. The molecule has 1 rings (SSSR count). The Morgan fingerprint density at radius 2 is 1.82 bits per heavy atom. The van der Waals surface area contributed by atoms with E-state index in [1.165, 1.54) is 0 Å². The molecule has 92 valence electrons. The minimum Gasteiger partial charge on any atom is -0.497 e. The van der Waals surface area contributed by atoms with Gasteiger partial charge in [-0.1, -0.05) is 18.8 Å². The van der Waals surface area contributed by atoms with Gasteiger partial charge in [0.25, 0.3) is 0 Å². The highest BCUT2D eigenvalue weighted by Crippen LogP contribution is 2.16. The second kappa shape index (κ2) is 8.49. The van der Waals surface area contributed by atoms with Gasteiger partial charge in [0, 0.05) is 0 Å². The standard InChI is InChI=1S/C14H19NO2/c1-3-10-15-11-4-5-12-17-14-8-6-13(16-2)7-9-14/h6-9,15H,3,10-12H2,1-2H3. The Bertz CT molecular complexity index is 362. The van der Waals surface area contributed by atoms with Gasteiger partial charge >= 0.3 is 0 Å². The lowest BCUT2D eigenvalue weighted by atomic mass is 10.3. The molecule has 0 aromatic heterocycles. The third-order valence-corrected chi connectivity index (χ3v) is 2.14. The SMILES string of the molecule is CCCNCC#CCOc1ccc(OC)cc1. The molecule has 0 fully saturated rings. The summed E-state index contributed by atoms with van der Waals surface area (Å²) in [5, 5.41) is 3.20. The maximum Gasteiger partial charge on any atom is 0.149 e. The zero-order valence-corrected chi connectivity index (χ0v) is 10.5. The molecule has 0 atom stereocenters. The lowest BCUT2D eigenvalue weighted by Crippen LogP contribution is -2.14. The summed E-state index contributed by atoms with van der Waals surface area (Å²) < 4.78 is 10.5. The highest BCUT2D eigenvalue weighted by molar-refractivity contribution is 5.31. The molecule has 0 heterocycles. The van der Waals surface area contributed by atoms with Crippen molar-refractivity contribution in [3.8, 4) is 23.3 Å². The maximum atomic E-state index is 5.46. The van der Waals surface area contributed by atoms with Gasteiger partial charge < -0.3 is 14.8 Å². The molecule has 0 amide bonds. The van der Waals surface area contributed by atoms with Crippen molar-refractivity contribution >= 4 is 0 Å². The number of nitrogens with one attached hydrogen (secondary N) is 1. The molecule has 1 aromatic rings. The number of benzene rings is 1. The zero-order valence-electron chi connectivity index (χ0n) is 10.5. The van der Waals surface area contributed by atoms with E-state index in [1.54, 1.807) is 7.11 Å². The molecule has 0 saturated carbocycles. The summed E-state index contributed by atoms with van der Waals surface area (Å²) in [6.07, 6.45) is 1.13. The van der Waals surface area contributed by atoms with E-state index in [4.69, 9.17) is 9.47 Å². The van der Waals surface area contributed by atoms with Crippen LogP contribution < -0.4 is 14.8 Å². The first kappa shape index (κ1) is 13.4. The predicted molar refractivity (Wildman–Crippen MR) is 69.4 cm³/mol. The molecule has 0 aliphatic rings. The van der Waals surface area contributed by atoms with E-state index in [-0.39, 0.29) is 0 Å². The Labute approximate surface area is 103 Å².